The Hall–Kier alpha value is -2.83. The van der Waals surface area contributed by atoms with Crippen LogP contribution in [0.25, 0.3) is 5.78 Å². The monoisotopic (exact) mass is 336 g/mol. The van der Waals surface area contributed by atoms with Gasteiger partial charge in [0.25, 0.3) is 5.78 Å². The van der Waals surface area contributed by atoms with E-state index in [1.807, 2.05) is 31.2 Å². The first-order valence-corrected chi connectivity index (χ1v) is 8.67. The van der Waals surface area contributed by atoms with Gasteiger partial charge in [-0.15, -0.1) is 5.10 Å². The maximum Gasteiger partial charge on any atom is 0.303 e. The lowest BCUT2D eigenvalue weighted by molar-refractivity contribution is 0.0944. The Kier molecular flexibility index (Phi) is 4.13. The lowest BCUT2D eigenvalue weighted by Gasteiger charge is -2.17. The van der Waals surface area contributed by atoms with E-state index in [1.165, 1.54) is 23.8 Å². The lowest BCUT2D eigenvalue weighted by Crippen LogP contribution is -2.30. The number of hydrogen-bond acceptors (Lipinski definition) is 5. The summed E-state index contributed by atoms with van der Waals surface area (Å²) in [7, 11) is 0. The van der Waals surface area contributed by atoms with Crippen LogP contribution in [0.3, 0.4) is 0 Å². The first-order chi connectivity index (χ1) is 12.2. The molecule has 0 atom stereocenters. The van der Waals surface area contributed by atoms with E-state index >= 15 is 0 Å². The van der Waals surface area contributed by atoms with Gasteiger partial charge in [0.1, 0.15) is 5.49 Å². The molecule has 0 spiro atoms. The van der Waals surface area contributed by atoms with Crippen LogP contribution in [-0.2, 0) is 0 Å². The molecule has 0 bridgehead atoms. The number of pyridine rings is 1. The van der Waals surface area contributed by atoms with Gasteiger partial charge >= 0.3 is 5.91 Å². The number of hydrogen-bond donors (Lipinski definition) is 0. The fourth-order valence-corrected chi connectivity index (χ4v) is 3.21. The van der Waals surface area contributed by atoms with Gasteiger partial charge in [0.15, 0.2) is 0 Å². The zero-order valence-electron chi connectivity index (χ0n) is 14.2. The molecule has 25 heavy (non-hydrogen) atoms. The highest BCUT2D eigenvalue weighted by molar-refractivity contribution is 5.92. The van der Waals surface area contributed by atoms with E-state index in [0.717, 1.165) is 18.5 Å². The number of nitrogens with zero attached hydrogens (tertiary/aromatic N) is 6. The second-order valence-corrected chi connectivity index (χ2v) is 6.39. The summed E-state index contributed by atoms with van der Waals surface area (Å²) in [5, 5.41) is 4.31. The molecular formula is C18H20N6O. The van der Waals surface area contributed by atoms with Gasteiger partial charge in [-0.25, -0.2) is 9.50 Å². The Bertz CT molecular complexity index is 980. The van der Waals surface area contributed by atoms with Crippen LogP contribution in [0.4, 0.5) is 0 Å². The topological polar surface area (TPSA) is 77.4 Å². The molecule has 1 saturated carbocycles. The number of fused-ring (bicyclic) bond motifs is 1. The highest BCUT2D eigenvalue weighted by Crippen LogP contribution is 2.19. The first-order valence-electron chi connectivity index (χ1n) is 8.67. The molecule has 0 aliphatic heterocycles. The fraction of sp³-hybridized carbons (Fsp3) is 0.389. The van der Waals surface area contributed by atoms with Crippen molar-refractivity contribution in [1.82, 2.24) is 24.1 Å². The van der Waals surface area contributed by atoms with Crippen molar-refractivity contribution in [3.63, 3.8) is 0 Å². The molecule has 0 N–H and O–H groups in total. The van der Waals surface area contributed by atoms with Crippen LogP contribution in [0.1, 0.15) is 48.4 Å². The Morgan fingerprint density at radius 1 is 1.20 bits per heavy atom. The highest BCUT2D eigenvalue weighted by atomic mass is 16.2. The summed E-state index contributed by atoms with van der Waals surface area (Å²) in [6.07, 6.45) is 9.22. The van der Waals surface area contributed by atoms with Crippen LogP contribution in [0, 0.1) is 6.92 Å². The number of carbonyl (C=O) groups is 1. The minimum atomic E-state index is -0.292. The zero-order valence-corrected chi connectivity index (χ0v) is 14.2. The molecule has 1 fully saturated rings. The van der Waals surface area contributed by atoms with Crippen LogP contribution in [0.5, 0.6) is 0 Å². The van der Waals surface area contributed by atoms with Gasteiger partial charge in [-0.2, -0.15) is 4.98 Å². The van der Waals surface area contributed by atoms with Crippen LogP contribution < -0.4 is 5.49 Å². The van der Waals surface area contributed by atoms with Crippen LogP contribution in [-0.4, -0.2) is 36.1 Å². The van der Waals surface area contributed by atoms with Gasteiger partial charge in [-0.05, 0) is 38.0 Å². The van der Waals surface area contributed by atoms with Crippen LogP contribution in [0.15, 0.2) is 41.7 Å². The van der Waals surface area contributed by atoms with E-state index in [4.69, 9.17) is 4.99 Å². The quantitative estimate of drug-likeness (QED) is 0.718. The molecule has 3 heterocycles. The molecule has 0 unspecified atom stereocenters. The van der Waals surface area contributed by atoms with Gasteiger partial charge in [-0.1, -0.05) is 25.3 Å². The molecule has 1 aliphatic carbocycles. The average molecular weight is 336 g/mol. The molecule has 0 aromatic carbocycles. The maximum absolute atomic E-state index is 12.9. The van der Waals surface area contributed by atoms with Crippen molar-refractivity contribution in [3.8, 4) is 0 Å². The van der Waals surface area contributed by atoms with Crippen molar-refractivity contribution in [2.45, 2.75) is 45.1 Å². The fourth-order valence-electron chi connectivity index (χ4n) is 3.21. The Labute approximate surface area is 145 Å². The average Bonchev–Trinajstić information content (AvgIpc) is 3.08. The minimum absolute atomic E-state index is 0.123. The molecule has 3 aromatic rings. The third kappa shape index (κ3) is 3.09. The van der Waals surface area contributed by atoms with E-state index in [9.17, 15) is 4.79 Å². The SMILES string of the molecule is Cc1ccnc2nc(C(=O)n3ccccc3=NC3CCCCC3)nn12. The van der Waals surface area contributed by atoms with Gasteiger partial charge in [-0.3, -0.25) is 14.4 Å². The summed E-state index contributed by atoms with van der Waals surface area (Å²) in [6.45, 7) is 1.90. The van der Waals surface area contributed by atoms with Gasteiger partial charge < -0.3 is 0 Å². The van der Waals surface area contributed by atoms with Crippen molar-refractivity contribution in [2.24, 2.45) is 4.99 Å². The number of rotatable bonds is 2. The first kappa shape index (κ1) is 15.7. The van der Waals surface area contributed by atoms with Crippen molar-refractivity contribution < 1.29 is 4.79 Å². The number of carbonyl (C=O) groups excluding carboxylic acids is 1. The predicted molar refractivity (Wildman–Crippen MR) is 92.1 cm³/mol. The Morgan fingerprint density at radius 2 is 2.04 bits per heavy atom. The molecule has 4 rings (SSSR count). The van der Waals surface area contributed by atoms with Crippen molar-refractivity contribution in [2.75, 3.05) is 0 Å². The van der Waals surface area contributed by atoms with Crippen molar-refractivity contribution in [3.05, 3.63) is 53.7 Å². The van der Waals surface area contributed by atoms with E-state index in [1.54, 1.807) is 16.9 Å². The van der Waals surface area contributed by atoms with Gasteiger partial charge in [0.2, 0.25) is 5.82 Å². The second kappa shape index (κ2) is 6.58. The van der Waals surface area contributed by atoms with Gasteiger partial charge in [0, 0.05) is 18.1 Å². The summed E-state index contributed by atoms with van der Waals surface area (Å²) >= 11 is 0. The zero-order chi connectivity index (χ0) is 17.2. The lowest BCUT2D eigenvalue weighted by atomic mass is 9.96. The van der Waals surface area contributed by atoms with E-state index in [2.05, 4.69) is 15.1 Å². The van der Waals surface area contributed by atoms with Crippen LogP contribution in [0.2, 0.25) is 0 Å². The number of aryl methyl sites for hydroxylation is 1. The summed E-state index contributed by atoms with van der Waals surface area (Å²) in [5.41, 5.74) is 1.53. The Balaban J connectivity index is 1.74. The molecule has 128 valence electrons. The van der Waals surface area contributed by atoms with E-state index in [-0.39, 0.29) is 17.8 Å². The molecular weight excluding hydrogens is 316 g/mol. The molecule has 0 radical (unpaired) electrons. The summed E-state index contributed by atoms with van der Waals surface area (Å²) in [5.74, 6) is 0.254. The van der Waals surface area contributed by atoms with Gasteiger partial charge in [0.05, 0.1) is 6.04 Å². The van der Waals surface area contributed by atoms with Crippen molar-refractivity contribution in [1.29, 1.82) is 0 Å². The van der Waals surface area contributed by atoms with E-state index < -0.39 is 0 Å². The summed E-state index contributed by atoms with van der Waals surface area (Å²) in [4.78, 5) is 26.2. The smallest absolute Gasteiger partial charge is 0.265 e. The van der Waals surface area contributed by atoms with Crippen LogP contribution >= 0.6 is 0 Å². The minimum Gasteiger partial charge on any atom is -0.265 e. The highest BCUT2D eigenvalue weighted by Gasteiger charge is 2.17. The summed E-state index contributed by atoms with van der Waals surface area (Å²) in [6, 6.07) is 7.69. The summed E-state index contributed by atoms with van der Waals surface area (Å²) < 4.78 is 3.10. The molecule has 7 nitrogen and oxygen atoms in total. The predicted octanol–water partition coefficient (Wildman–Crippen LogP) is 2.16. The standard InChI is InChI=1S/C18H20N6O/c1-13-10-11-19-18-21-16(22-24(13)18)17(25)23-12-6-5-9-15(23)20-14-7-3-2-4-8-14/h5-6,9-12,14H,2-4,7-8H2,1H3. The molecule has 1 aliphatic rings. The third-order valence-corrected chi connectivity index (χ3v) is 4.57. The van der Waals surface area contributed by atoms with Crippen molar-refractivity contribution >= 4 is 11.7 Å². The Morgan fingerprint density at radius 3 is 2.84 bits per heavy atom. The molecule has 0 amide bonds. The molecule has 7 heteroatoms. The van der Waals surface area contributed by atoms with E-state index in [0.29, 0.717) is 11.3 Å². The third-order valence-electron chi connectivity index (χ3n) is 4.57. The number of aromatic nitrogens is 5. The largest absolute Gasteiger partial charge is 0.303 e. The second-order valence-electron chi connectivity index (χ2n) is 6.39. The maximum atomic E-state index is 12.9. The molecule has 0 saturated heterocycles. The normalized spacial score (nSPS) is 16.4. The molecule has 3 aromatic heterocycles.